The Balaban J connectivity index is 1.29. The van der Waals surface area contributed by atoms with Crippen LogP contribution in [0.15, 0.2) is 36.5 Å². The van der Waals surface area contributed by atoms with Gasteiger partial charge in [0.2, 0.25) is 0 Å². The third kappa shape index (κ3) is 4.54. The summed E-state index contributed by atoms with van der Waals surface area (Å²) in [6.45, 7) is -0.415. The highest BCUT2D eigenvalue weighted by Gasteiger charge is 2.73. The minimum absolute atomic E-state index is 0.0182. The molecule has 1 aromatic carbocycles. The summed E-state index contributed by atoms with van der Waals surface area (Å²) in [6, 6.07) is 5.63. The fraction of sp³-hybridized carbons (Fsp3) is 0.381. The summed E-state index contributed by atoms with van der Waals surface area (Å²) in [5, 5.41) is 2.73. The van der Waals surface area contributed by atoms with Gasteiger partial charge in [0.1, 0.15) is 23.0 Å². The van der Waals surface area contributed by atoms with E-state index in [9.17, 15) is 27.2 Å². The number of halogens is 5. The number of hydrogen-bond acceptors (Lipinski definition) is 5. The Morgan fingerprint density at radius 1 is 1.18 bits per heavy atom. The molecule has 2 amide bonds. The average Bonchev–Trinajstić information content (AvgIpc) is 2.68. The molecule has 0 radical (unpaired) electrons. The molecule has 12 heteroatoms. The van der Waals surface area contributed by atoms with Crippen LogP contribution >= 0.6 is 11.6 Å². The van der Waals surface area contributed by atoms with Crippen molar-refractivity contribution in [2.45, 2.75) is 37.1 Å². The van der Waals surface area contributed by atoms with Gasteiger partial charge in [0.05, 0.1) is 11.2 Å². The van der Waals surface area contributed by atoms with E-state index in [1.807, 2.05) is 0 Å². The SMILES string of the molecule is NC(=O)C(Oc1ccc(Cl)c(F)c1)C12CC(NC(=O)COc3ccc(C(F)(F)F)nc3)(C1)C2. The molecule has 3 N–H and O–H groups in total. The number of nitrogens with zero attached hydrogens (tertiary/aromatic N) is 1. The van der Waals surface area contributed by atoms with Gasteiger partial charge in [0, 0.05) is 17.0 Å². The molecular weight excluding hydrogens is 470 g/mol. The van der Waals surface area contributed by atoms with Crippen LogP contribution in [0.2, 0.25) is 5.02 Å². The first-order valence-corrected chi connectivity index (χ1v) is 10.2. The van der Waals surface area contributed by atoms with E-state index in [1.54, 1.807) is 0 Å². The number of nitrogens with one attached hydrogen (secondary N) is 1. The topological polar surface area (TPSA) is 104 Å². The summed E-state index contributed by atoms with van der Waals surface area (Å²) >= 11 is 5.65. The van der Waals surface area contributed by atoms with Crippen molar-refractivity contribution in [1.82, 2.24) is 10.3 Å². The number of carbonyl (C=O) groups excluding carboxylic acids is 2. The zero-order valence-corrected chi connectivity index (χ0v) is 17.7. The predicted molar refractivity (Wildman–Crippen MR) is 107 cm³/mol. The van der Waals surface area contributed by atoms with E-state index in [4.69, 9.17) is 26.8 Å². The number of hydrogen-bond donors (Lipinski definition) is 2. The zero-order valence-electron chi connectivity index (χ0n) is 16.9. The van der Waals surface area contributed by atoms with E-state index >= 15 is 0 Å². The van der Waals surface area contributed by atoms with E-state index in [1.165, 1.54) is 12.1 Å². The van der Waals surface area contributed by atoms with Crippen LogP contribution in [0.25, 0.3) is 0 Å². The van der Waals surface area contributed by atoms with Crippen LogP contribution in [0.5, 0.6) is 11.5 Å². The second-order valence-electron chi connectivity index (χ2n) is 8.36. The van der Waals surface area contributed by atoms with Gasteiger partial charge < -0.3 is 20.5 Å². The Morgan fingerprint density at radius 2 is 1.85 bits per heavy atom. The second-order valence-corrected chi connectivity index (χ2v) is 8.77. The number of pyridine rings is 1. The number of carbonyl (C=O) groups is 2. The Hall–Kier alpha value is -3.08. The minimum atomic E-state index is -4.57. The lowest BCUT2D eigenvalue weighted by atomic mass is 9.37. The first kappa shape index (κ1) is 23.1. The molecular formula is C21H18ClF4N3O4. The maximum absolute atomic E-state index is 13.7. The van der Waals surface area contributed by atoms with Gasteiger partial charge in [0.15, 0.2) is 12.7 Å². The Labute approximate surface area is 190 Å². The van der Waals surface area contributed by atoms with E-state index in [0.717, 1.165) is 24.4 Å². The number of primary amides is 1. The first-order chi connectivity index (χ1) is 15.4. The molecule has 0 aliphatic heterocycles. The van der Waals surface area contributed by atoms with E-state index in [0.29, 0.717) is 19.3 Å². The highest BCUT2D eigenvalue weighted by molar-refractivity contribution is 6.30. The highest BCUT2D eigenvalue weighted by atomic mass is 35.5. The molecule has 3 aliphatic carbocycles. The zero-order chi connectivity index (χ0) is 24.0. The molecule has 1 aromatic heterocycles. The van der Waals surface area contributed by atoms with Crippen molar-refractivity contribution >= 4 is 23.4 Å². The molecule has 3 fully saturated rings. The molecule has 2 bridgehead atoms. The minimum Gasteiger partial charge on any atom is -0.482 e. The number of amides is 2. The quantitative estimate of drug-likeness (QED) is 0.556. The maximum atomic E-state index is 13.7. The van der Waals surface area contributed by atoms with Gasteiger partial charge in [-0.05, 0) is 43.5 Å². The summed E-state index contributed by atoms with van der Waals surface area (Å²) in [6.07, 6.45) is -3.40. The van der Waals surface area contributed by atoms with Crippen molar-refractivity contribution in [1.29, 1.82) is 0 Å². The third-order valence-electron chi connectivity index (χ3n) is 5.83. The summed E-state index contributed by atoms with van der Waals surface area (Å²) < 4.78 is 62.1. The second kappa shape index (κ2) is 8.05. The number of aromatic nitrogens is 1. The molecule has 1 atom stereocenters. The molecule has 1 heterocycles. The number of ether oxygens (including phenoxy) is 2. The van der Waals surface area contributed by atoms with Crippen LogP contribution in [-0.2, 0) is 15.8 Å². The van der Waals surface area contributed by atoms with Crippen molar-refractivity contribution < 1.29 is 36.6 Å². The van der Waals surface area contributed by atoms with Crippen LogP contribution in [0, 0.1) is 11.2 Å². The predicted octanol–water partition coefficient (Wildman–Crippen LogP) is 3.24. The molecule has 0 saturated heterocycles. The molecule has 33 heavy (non-hydrogen) atoms. The largest absolute Gasteiger partial charge is 0.482 e. The lowest BCUT2D eigenvalue weighted by molar-refractivity contribution is -0.208. The van der Waals surface area contributed by atoms with Gasteiger partial charge in [-0.15, -0.1) is 0 Å². The van der Waals surface area contributed by atoms with Crippen LogP contribution in [0.4, 0.5) is 17.6 Å². The highest BCUT2D eigenvalue weighted by Crippen LogP contribution is 2.69. The molecule has 7 nitrogen and oxygen atoms in total. The lowest BCUT2D eigenvalue weighted by Gasteiger charge is -2.71. The summed E-state index contributed by atoms with van der Waals surface area (Å²) in [5.74, 6) is -1.74. The van der Waals surface area contributed by atoms with Gasteiger partial charge >= 0.3 is 6.18 Å². The normalized spacial score (nSPS) is 24.2. The molecule has 0 spiro atoms. The summed E-state index contributed by atoms with van der Waals surface area (Å²) in [7, 11) is 0. The molecule has 2 aromatic rings. The van der Waals surface area contributed by atoms with Gasteiger partial charge in [-0.2, -0.15) is 13.2 Å². The van der Waals surface area contributed by atoms with E-state index in [2.05, 4.69) is 10.3 Å². The number of nitrogens with two attached hydrogens (primary N) is 1. The van der Waals surface area contributed by atoms with E-state index < -0.39 is 53.2 Å². The van der Waals surface area contributed by atoms with Gasteiger partial charge in [-0.3, -0.25) is 9.59 Å². The van der Waals surface area contributed by atoms with Crippen LogP contribution < -0.4 is 20.5 Å². The Morgan fingerprint density at radius 3 is 2.39 bits per heavy atom. The van der Waals surface area contributed by atoms with Crippen molar-refractivity contribution in [3.8, 4) is 11.5 Å². The van der Waals surface area contributed by atoms with Crippen LogP contribution in [-0.4, -0.2) is 35.0 Å². The van der Waals surface area contributed by atoms with Crippen molar-refractivity contribution in [3.05, 3.63) is 53.1 Å². The average molecular weight is 488 g/mol. The molecule has 5 rings (SSSR count). The van der Waals surface area contributed by atoms with E-state index in [-0.39, 0.29) is 16.5 Å². The Kier molecular flexibility index (Phi) is 5.63. The molecule has 3 saturated carbocycles. The van der Waals surface area contributed by atoms with Crippen LogP contribution in [0.3, 0.4) is 0 Å². The number of benzene rings is 1. The van der Waals surface area contributed by atoms with Crippen molar-refractivity contribution in [2.24, 2.45) is 11.1 Å². The van der Waals surface area contributed by atoms with Gasteiger partial charge in [0.25, 0.3) is 11.8 Å². The lowest BCUT2D eigenvalue weighted by Crippen LogP contribution is -2.80. The van der Waals surface area contributed by atoms with Gasteiger partial charge in [-0.25, -0.2) is 9.37 Å². The Bertz CT molecular complexity index is 1070. The smallest absolute Gasteiger partial charge is 0.433 e. The fourth-order valence-electron chi connectivity index (χ4n) is 4.56. The first-order valence-electron chi connectivity index (χ1n) is 9.80. The van der Waals surface area contributed by atoms with Crippen LogP contribution in [0.1, 0.15) is 25.0 Å². The van der Waals surface area contributed by atoms with Gasteiger partial charge in [-0.1, -0.05) is 11.6 Å². The van der Waals surface area contributed by atoms with Crippen molar-refractivity contribution in [2.75, 3.05) is 6.61 Å². The number of rotatable bonds is 8. The summed E-state index contributed by atoms with van der Waals surface area (Å²) in [4.78, 5) is 27.5. The molecule has 1 unspecified atom stereocenters. The molecule has 176 valence electrons. The standard InChI is InChI=1S/C21H18ClF4N3O4/c22-13-3-1-11(5-14(13)23)33-17(18(27)31)19-8-20(9-19,10-19)29-16(30)7-32-12-2-4-15(28-6-12)21(24,25)26/h1-6,17H,7-10H2,(H2,27,31)(H,29,30). The maximum Gasteiger partial charge on any atom is 0.433 e. The summed E-state index contributed by atoms with van der Waals surface area (Å²) in [5.41, 5.74) is 3.32. The third-order valence-corrected chi connectivity index (χ3v) is 6.14. The van der Waals surface area contributed by atoms with Crippen molar-refractivity contribution in [3.63, 3.8) is 0 Å². The monoisotopic (exact) mass is 487 g/mol. The fourth-order valence-corrected chi connectivity index (χ4v) is 4.68. The molecule has 3 aliphatic rings. The number of alkyl halides is 3.